The molecule has 196 valence electrons. The van der Waals surface area contributed by atoms with Crippen LogP contribution in [0.25, 0.3) is 6.08 Å². The molecule has 0 aliphatic carbocycles. The predicted molar refractivity (Wildman–Crippen MR) is 133 cm³/mol. The first-order valence-electron chi connectivity index (χ1n) is 11.7. The van der Waals surface area contributed by atoms with Crippen molar-refractivity contribution in [1.29, 1.82) is 0 Å². The zero-order chi connectivity index (χ0) is 27.1. The van der Waals surface area contributed by atoms with Gasteiger partial charge in [-0.05, 0) is 44.5 Å². The van der Waals surface area contributed by atoms with E-state index < -0.39 is 16.8 Å². The molecule has 0 saturated carbocycles. The fourth-order valence-electron chi connectivity index (χ4n) is 3.99. The molecule has 2 amide bonds. The molecule has 1 aromatic heterocycles. The second-order valence-electron chi connectivity index (χ2n) is 8.52. The highest BCUT2D eigenvalue weighted by atomic mass is 16.6. The van der Waals surface area contributed by atoms with Gasteiger partial charge in [-0.25, -0.2) is 14.8 Å². The van der Waals surface area contributed by atoms with Crippen LogP contribution in [0.15, 0.2) is 30.3 Å². The summed E-state index contributed by atoms with van der Waals surface area (Å²) < 4.78 is 10.1. The van der Waals surface area contributed by atoms with Crippen LogP contribution < -0.4 is 0 Å². The van der Waals surface area contributed by atoms with E-state index in [1.54, 1.807) is 41.9 Å². The third-order valence-electron chi connectivity index (χ3n) is 5.85. The number of benzene rings is 1. The van der Waals surface area contributed by atoms with Crippen molar-refractivity contribution < 1.29 is 28.8 Å². The summed E-state index contributed by atoms with van der Waals surface area (Å²) in [7, 11) is 1.49. The second kappa shape index (κ2) is 12.2. The predicted octanol–water partition coefficient (Wildman–Crippen LogP) is 2.19. The standard InChI is InChI=1S/C25H29N5O7/c1-16-15-28(11-12-29(16)21(31)10-7-19-5-8-20(9-6-19)30(34)35)24(32)23-22(17(2)26-18(3)27-23)25(33)37-14-13-36-4/h5-10,16H,11-15H2,1-4H3/b10-7+. The highest BCUT2D eigenvalue weighted by Crippen LogP contribution is 2.19. The number of hydrogen-bond donors (Lipinski definition) is 0. The molecule has 1 atom stereocenters. The Balaban J connectivity index is 1.70. The van der Waals surface area contributed by atoms with Gasteiger partial charge in [-0.1, -0.05) is 0 Å². The maximum absolute atomic E-state index is 13.4. The number of nitro benzene ring substituents is 1. The van der Waals surface area contributed by atoms with Crippen LogP contribution in [0.2, 0.25) is 0 Å². The number of non-ortho nitro benzene ring substituents is 1. The summed E-state index contributed by atoms with van der Waals surface area (Å²) >= 11 is 0. The van der Waals surface area contributed by atoms with E-state index in [9.17, 15) is 24.5 Å². The molecule has 12 heteroatoms. The number of nitro groups is 1. The quantitative estimate of drug-likeness (QED) is 0.171. The average Bonchev–Trinajstić information content (AvgIpc) is 2.86. The van der Waals surface area contributed by atoms with Gasteiger partial charge in [-0.3, -0.25) is 19.7 Å². The summed E-state index contributed by atoms with van der Waals surface area (Å²) in [6.07, 6.45) is 2.99. The van der Waals surface area contributed by atoms with Gasteiger partial charge < -0.3 is 19.3 Å². The second-order valence-corrected chi connectivity index (χ2v) is 8.52. The molecule has 0 bridgehead atoms. The number of amides is 2. The monoisotopic (exact) mass is 511 g/mol. The van der Waals surface area contributed by atoms with Crippen molar-refractivity contribution in [2.24, 2.45) is 0 Å². The zero-order valence-electron chi connectivity index (χ0n) is 21.2. The van der Waals surface area contributed by atoms with E-state index in [1.165, 1.54) is 25.3 Å². The normalized spacial score (nSPS) is 15.6. The van der Waals surface area contributed by atoms with Crippen LogP contribution in [0.5, 0.6) is 0 Å². The van der Waals surface area contributed by atoms with E-state index in [0.29, 0.717) is 17.1 Å². The number of rotatable bonds is 8. The van der Waals surface area contributed by atoms with Crippen molar-refractivity contribution in [3.8, 4) is 0 Å². The van der Waals surface area contributed by atoms with E-state index in [1.807, 2.05) is 6.92 Å². The van der Waals surface area contributed by atoms with Gasteiger partial charge in [0.1, 0.15) is 23.7 Å². The van der Waals surface area contributed by atoms with Crippen molar-refractivity contribution >= 4 is 29.5 Å². The third kappa shape index (κ3) is 6.73. The number of hydrogen-bond acceptors (Lipinski definition) is 9. The number of piperazine rings is 1. The topological polar surface area (TPSA) is 145 Å². The van der Waals surface area contributed by atoms with Gasteiger partial charge in [0.15, 0.2) is 0 Å². The third-order valence-corrected chi connectivity index (χ3v) is 5.85. The molecule has 0 spiro atoms. The summed E-state index contributed by atoms with van der Waals surface area (Å²) in [6, 6.07) is 5.56. The van der Waals surface area contributed by atoms with Crippen LogP contribution in [0.3, 0.4) is 0 Å². The Morgan fingerprint density at radius 2 is 1.84 bits per heavy atom. The smallest absolute Gasteiger partial charge is 0.342 e. The van der Waals surface area contributed by atoms with Crippen molar-refractivity contribution in [3.63, 3.8) is 0 Å². The van der Waals surface area contributed by atoms with Gasteiger partial charge in [0.2, 0.25) is 5.91 Å². The summed E-state index contributed by atoms with van der Waals surface area (Å²) in [5.41, 5.74) is 0.955. The lowest BCUT2D eigenvalue weighted by Crippen LogP contribution is -2.55. The lowest BCUT2D eigenvalue weighted by atomic mass is 10.1. The summed E-state index contributed by atoms with van der Waals surface area (Å²) in [4.78, 5) is 60.8. The van der Waals surface area contributed by atoms with E-state index in [0.717, 1.165) is 0 Å². The van der Waals surface area contributed by atoms with Crippen LogP contribution in [-0.4, -0.2) is 88.5 Å². The molecular formula is C25H29N5O7. The maximum Gasteiger partial charge on any atom is 0.342 e. The van der Waals surface area contributed by atoms with Gasteiger partial charge in [-0.2, -0.15) is 0 Å². The molecule has 0 N–H and O–H groups in total. The molecule has 12 nitrogen and oxygen atoms in total. The molecule has 1 aliphatic heterocycles. The Labute approximate surface area is 214 Å². The van der Waals surface area contributed by atoms with E-state index in [2.05, 4.69) is 9.97 Å². The van der Waals surface area contributed by atoms with Crippen LogP contribution in [0.1, 0.15) is 44.9 Å². The number of carbonyl (C=O) groups excluding carboxylic acids is 3. The molecule has 3 rings (SSSR count). The van der Waals surface area contributed by atoms with E-state index in [-0.39, 0.29) is 61.7 Å². The van der Waals surface area contributed by atoms with Gasteiger partial charge in [0.25, 0.3) is 11.6 Å². The van der Waals surface area contributed by atoms with Crippen molar-refractivity contribution in [3.05, 3.63) is 68.8 Å². The van der Waals surface area contributed by atoms with E-state index >= 15 is 0 Å². The Hall–Kier alpha value is -4.19. The molecule has 1 aliphatic rings. The van der Waals surface area contributed by atoms with Gasteiger partial charge >= 0.3 is 5.97 Å². The molecular weight excluding hydrogens is 482 g/mol. The highest BCUT2D eigenvalue weighted by molar-refractivity contribution is 6.04. The number of aromatic nitrogens is 2. The minimum atomic E-state index is -0.698. The van der Waals surface area contributed by atoms with Crippen LogP contribution in [0.4, 0.5) is 5.69 Å². The Morgan fingerprint density at radius 3 is 2.46 bits per heavy atom. The lowest BCUT2D eigenvalue weighted by molar-refractivity contribution is -0.384. The minimum Gasteiger partial charge on any atom is -0.460 e. The number of carbonyl (C=O) groups is 3. The Kier molecular flexibility index (Phi) is 9.01. The number of ether oxygens (including phenoxy) is 2. The maximum atomic E-state index is 13.4. The number of methoxy groups -OCH3 is 1. The molecule has 0 radical (unpaired) electrons. The number of nitrogens with zero attached hydrogens (tertiary/aromatic N) is 5. The largest absolute Gasteiger partial charge is 0.460 e. The van der Waals surface area contributed by atoms with Crippen molar-refractivity contribution in [1.82, 2.24) is 19.8 Å². The lowest BCUT2D eigenvalue weighted by Gasteiger charge is -2.39. The summed E-state index contributed by atoms with van der Waals surface area (Å²) in [5, 5.41) is 10.8. The molecule has 1 aromatic carbocycles. The molecule has 37 heavy (non-hydrogen) atoms. The first-order chi connectivity index (χ1) is 17.6. The average molecular weight is 512 g/mol. The van der Waals surface area contributed by atoms with Gasteiger partial charge in [0.05, 0.1) is 17.2 Å². The highest BCUT2D eigenvalue weighted by Gasteiger charge is 2.33. The fraction of sp³-hybridized carbons (Fsp3) is 0.400. The first-order valence-corrected chi connectivity index (χ1v) is 11.7. The summed E-state index contributed by atoms with van der Waals surface area (Å²) in [6.45, 7) is 6.11. The minimum absolute atomic E-state index is 0.0175. The Morgan fingerprint density at radius 1 is 1.14 bits per heavy atom. The number of aryl methyl sites for hydroxylation is 2. The molecule has 2 heterocycles. The summed E-state index contributed by atoms with van der Waals surface area (Å²) in [5.74, 6) is -1.02. The van der Waals surface area contributed by atoms with Crippen LogP contribution in [-0.2, 0) is 14.3 Å². The molecule has 1 unspecified atom stereocenters. The van der Waals surface area contributed by atoms with Crippen molar-refractivity contribution in [2.75, 3.05) is 40.0 Å². The van der Waals surface area contributed by atoms with Crippen LogP contribution >= 0.6 is 0 Å². The first kappa shape index (κ1) is 27.4. The van der Waals surface area contributed by atoms with Crippen molar-refractivity contribution in [2.45, 2.75) is 26.8 Å². The fourth-order valence-corrected chi connectivity index (χ4v) is 3.99. The van der Waals surface area contributed by atoms with E-state index in [4.69, 9.17) is 9.47 Å². The van der Waals surface area contributed by atoms with Gasteiger partial charge in [0, 0.05) is 51.0 Å². The Bertz CT molecular complexity index is 1210. The molecule has 1 saturated heterocycles. The van der Waals surface area contributed by atoms with Gasteiger partial charge in [-0.15, -0.1) is 0 Å². The number of esters is 1. The van der Waals surface area contributed by atoms with Crippen LogP contribution in [0, 0.1) is 24.0 Å². The SMILES string of the molecule is COCCOC(=O)c1c(C)nc(C)nc1C(=O)N1CCN(C(=O)/C=C/c2ccc([N+](=O)[O-])cc2)C(C)C1. The molecule has 2 aromatic rings. The zero-order valence-corrected chi connectivity index (χ0v) is 21.2. The molecule has 1 fully saturated rings.